The Balaban J connectivity index is 1.87. The summed E-state index contributed by atoms with van der Waals surface area (Å²) in [7, 11) is 1.63. The molecule has 3 aromatic rings. The molecule has 1 atom stereocenters. The van der Waals surface area contributed by atoms with Gasteiger partial charge in [0.2, 0.25) is 0 Å². The van der Waals surface area contributed by atoms with E-state index in [1.807, 2.05) is 66.9 Å². The van der Waals surface area contributed by atoms with E-state index in [0.717, 1.165) is 28.2 Å². The van der Waals surface area contributed by atoms with Crippen LogP contribution in [0.25, 0.3) is 6.08 Å². The monoisotopic (exact) mass is 462 g/mol. The van der Waals surface area contributed by atoms with Crippen LogP contribution in [0.3, 0.4) is 0 Å². The van der Waals surface area contributed by atoms with Gasteiger partial charge in [0.15, 0.2) is 0 Å². The quantitative estimate of drug-likeness (QED) is 0.399. The molecule has 3 rings (SSSR count). The minimum atomic E-state index is -0.327. The van der Waals surface area contributed by atoms with E-state index in [0.29, 0.717) is 11.5 Å². The van der Waals surface area contributed by atoms with E-state index < -0.39 is 0 Å². The number of carbonyl (C=O) groups is 2. The van der Waals surface area contributed by atoms with Crippen molar-refractivity contribution in [1.82, 2.24) is 10.6 Å². The molecule has 2 aromatic carbocycles. The Morgan fingerprint density at radius 2 is 1.76 bits per heavy atom. The minimum Gasteiger partial charge on any atom is -0.497 e. The van der Waals surface area contributed by atoms with Crippen molar-refractivity contribution in [3.8, 4) is 5.75 Å². The number of hydrogen-bond donors (Lipinski definition) is 2. The second-order valence-electron chi connectivity index (χ2n) is 8.27. The van der Waals surface area contributed by atoms with Crippen molar-refractivity contribution in [3.63, 3.8) is 0 Å². The average molecular weight is 463 g/mol. The number of nitrogens with one attached hydrogen (secondary N) is 2. The molecule has 2 amide bonds. The van der Waals surface area contributed by atoms with Crippen molar-refractivity contribution in [2.24, 2.45) is 5.92 Å². The highest BCUT2D eigenvalue weighted by Gasteiger charge is 2.21. The van der Waals surface area contributed by atoms with Gasteiger partial charge in [-0.15, -0.1) is 11.3 Å². The lowest BCUT2D eigenvalue weighted by atomic mass is 9.96. The van der Waals surface area contributed by atoms with Gasteiger partial charge in [0.05, 0.1) is 13.2 Å². The highest BCUT2D eigenvalue weighted by Crippen LogP contribution is 2.24. The fourth-order valence-electron chi connectivity index (χ4n) is 3.51. The zero-order valence-corrected chi connectivity index (χ0v) is 20.2. The maximum Gasteiger partial charge on any atom is 0.268 e. The molecule has 6 heteroatoms. The molecular formula is C27H30N2O3S. The minimum absolute atomic E-state index is 0.203. The van der Waals surface area contributed by atoms with Gasteiger partial charge in [-0.05, 0) is 66.1 Å². The van der Waals surface area contributed by atoms with Crippen molar-refractivity contribution >= 4 is 29.2 Å². The fraction of sp³-hybridized carbons (Fsp3) is 0.259. The molecule has 0 radical (unpaired) electrons. The van der Waals surface area contributed by atoms with E-state index >= 15 is 0 Å². The molecule has 1 unspecified atom stereocenters. The average Bonchev–Trinajstić information content (AvgIpc) is 3.31. The topological polar surface area (TPSA) is 67.4 Å². The van der Waals surface area contributed by atoms with Gasteiger partial charge >= 0.3 is 0 Å². The third-order valence-corrected chi connectivity index (χ3v) is 6.06. The highest BCUT2D eigenvalue weighted by atomic mass is 32.1. The van der Waals surface area contributed by atoms with Crippen LogP contribution in [0.5, 0.6) is 5.75 Å². The number of aryl methyl sites for hydroxylation is 1. The van der Waals surface area contributed by atoms with Crippen molar-refractivity contribution in [3.05, 3.63) is 93.3 Å². The van der Waals surface area contributed by atoms with Gasteiger partial charge in [-0.25, -0.2) is 0 Å². The van der Waals surface area contributed by atoms with Crippen LogP contribution in [0.15, 0.2) is 71.7 Å². The zero-order valence-electron chi connectivity index (χ0n) is 19.4. The number of methoxy groups -OCH3 is 1. The van der Waals surface area contributed by atoms with Gasteiger partial charge in [-0.3, -0.25) is 9.59 Å². The summed E-state index contributed by atoms with van der Waals surface area (Å²) >= 11 is 1.50. The smallest absolute Gasteiger partial charge is 0.268 e. The number of hydrogen-bond acceptors (Lipinski definition) is 4. The molecule has 5 nitrogen and oxygen atoms in total. The molecule has 0 aliphatic rings. The lowest BCUT2D eigenvalue weighted by Gasteiger charge is -2.22. The Morgan fingerprint density at radius 3 is 2.36 bits per heavy atom. The summed E-state index contributed by atoms with van der Waals surface area (Å²) in [6.45, 7) is 6.11. The van der Waals surface area contributed by atoms with E-state index in [2.05, 4.69) is 24.5 Å². The summed E-state index contributed by atoms with van der Waals surface area (Å²) in [6.07, 6.45) is 2.48. The predicted molar refractivity (Wildman–Crippen MR) is 134 cm³/mol. The first-order valence-corrected chi connectivity index (χ1v) is 11.8. The first kappa shape index (κ1) is 24.3. The van der Waals surface area contributed by atoms with Gasteiger partial charge in [0.25, 0.3) is 11.8 Å². The summed E-state index contributed by atoms with van der Waals surface area (Å²) in [5, 5.41) is 7.90. The van der Waals surface area contributed by atoms with Crippen molar-refractivity contribution in [1.29, 1.82) is 0 Å². The van der Waals surface area contributed by atoms with Crippen molar-refractivity contribution in [2.75, 3.05) is 7.11 Å². The van der Waals surface area contributed by atoms with Crippen LogP contribution in [0.4, 0.5) is 0 Å². The molecule has 0 bridgehead atoms. The lowest BCUT2D eigenvalue weighted by molar-refractivity contribution is -0.118. The number of thiophene rings is 1. The second kappa shape index (κ2) is 11.5. The van der Waals surface area contributed by atoms with E-state index in [1.165, 1.54) is 11.3 Å². The van der Waals surface area contributed by atoms with E-state index in [4.69, 9.17) is 4.74 Å². The summed E-state index contributed by atoms with van der Waals surface area (Å²) in [5.41, 5.74) is 2.59. The first-order valence-electron chi connectivity index (χ1n) is 10.9. The molecule has 2 N–H and O–H groups in total. The predicted octanol–water partition coefficient (Wildman–Crippen LogP) is 5.74. The Morgan fingerprint density at radius 1 is 1.03 bits per heavy atom. The zero-order chi connectivity index (χ0) is 23.8. The van der Waals surface area contributed by atoms with Crippen molar-refractivity contribution < 1.29 is 14.3 Å². The number of carbonyl (C=O) groups excluding carboxylic acids is 2. The Bertz CT molecular complexity index is 1100. The van der Waals surface area contributed by atoms with Crippen LogP contribution < -0.4 is 15.4 Å². The Hall–Kier alpha value is -3.38. The molecule has 0 spiro atoms. The third kappa shape index (κ3) is 6.80. The normalized spacial score (nSPS) is 12.3. The molecule has 1 heterocycles. The van der Waals surface area contributed by atoms with Gasteiger partial charge < -0.3 is 15.4 Å². The van der Waals surface area contributed by atoms with E-state index in [1.54, 1.807) is 19.3 Å². The SMILES string of the molecule is COc1ccc(C(CC(C)C)NC(=O)/C(=C/c2cccs2)NC(=O)c2ccccc2C)cc1. The molecule has 1 aromatic heterocycles. The van der Waals surface area contributed by atoms with Gasteiger partial charge in [0, 0.05) is 10.4 Å². The fourth-order valence-corrected chi connectivity index (χ4v) is 4.17. The van der Waals surface area contributed by atoms with Crippen LogP contribution in [0.2, 0.25) is 0 Å². The molecule has 0 aliphatic carbocycles. The number of amides is 2. The standard InChI is InChI=1S/C27H30N2O3S/c1-18(2)16-24(20-11-13-21(32-4)14-12-20)28-27(31)25(17-22-9-7-15-33-22)29-26(30)23-10-6-5-8-19(23)3/h5-15,17-18,24H,16H2,1-4H3,(H,28,31)(H,29,30)/b25-17-. The molecule has 0 aliphatic heterocycles. The van der Waals surface area contributed by atoms with Crippen LogP contribution in [-0.4, -0.2) is 18.9 Å². The number of rotatable bonds is 9. The Labute approximate surface area is 199 Å². The third-order valence-electron chi connectivity index (χ3n) is 5.24. The molecule has 172 valence electrons. The first-order chi connectivity index (χ1) is 15.9. The molecule has 0 saturated carbocycles. The highest BCUT2D eigenvalue weighted by molar-refractivity contribution is 7.10. The van der Waals surface area contributed by atoms with Gasteiger partial charge in [-0.1, -0.05) is 50.2 Å². The maximum absolute atomic E-state index is 13.4. The summed E-state index contributed by atoms with van der Waals surface area (Å²) in [4.78, 5) is 27.3. The van der Waals surface area contributed by atoms with Gasteiger partial charge in [-0.2, -0.15) is 0 Å². The largest absolute Gasteiger partial charge is 0.497 e. The van der Waals surface area contributed by atoms with Crippen LogP contribution >= 0.6 is 11.3 Å². The summed E-state index contributed by atoms with van der Waals surface area (Å²) < 4.78 is 5.26. The van der Waals surface area contributed by atoms with Crippen LogP contribution in [-0.2, 0) is 4.79 Å². The number of benzene rings is 2. The Kier molecular flexibility index (Phi) is 8.44. The lowest BCUT2D eigenvalue weighted by Crippen LogP contribution is -2.37. The molecular weight excluding hydrogens is 432 g/mol. The molecule has 0 fully saturated rings. The number of ether oxygens (including phenoxy) is 1. The molecule has 33 heavy (non-hydrogen) atoms. The van der Waals surface area contributed by atoms with Gasteiger partial charge in [0.1, 0.15) is 11.4 Å². The van der Waals surface area contributed by atoms with Crippen LogP contribution in [0.1, 0.15) is 52.7 Å². The molecule has 0 saturated heterocycles. The van der Waals surface area contributed by atoms with E-state index in [-0.39, 0.29) is 23.6 Å². The van der Waals surface area contributed by atoms with Crippen LogP contribution in [0, 0.1) is 12.8 Å². The van der Waals surface area contributed by atoms with Crippen molar-refractivity contribution in [2.45, 2.75) is 33.2 Å². The maximum atomic E-state index is 13.4. The summed E-state index contributed by atoms with van der Waals surface area (Å²) in [6, 6.07) is 18.6. The van der Waals surface area contributed by atoms with E-state index in [9.17, 15) is 9.59 Å². The summed E-state index contributed by atoms with van der Waals surface area (Å²) in [5.74, 6) is 0.489. The second-order valence-corrected chi connectivity index (χ2v) is 9.25.